The smallest absolute Gasteiger partial charge is 0.0698 e. The molecule has 0 aromatic carbocycles. The Bertz CT molecular complexity index is 578. The molecule has 0 spiro atoms. The maximum absolute atomic E-state index is 8.33. The van der Waals surface area contributed by atoms with Crippen LogP contribution in [0.3, 0.4) is 0 Å². The molecule has 0 aromatic heterocycles. The predicted octanol–water partition coefficient (Wildman–Crippen LogP) is 1.66. The van der Waals surface area contributed by atoms with Crippen LogP contribution in [0.25, 0.3) is 0 Å². The number of ether oxygens (including phenoxy) is 1. The molecule has 410 valence electrons. The minimum atomic E-state index is -0.00926. The van der Waals surface area contributed by atoms with Crippen molar-refractivity contribution in [1.29, 1.82) is 0 Å². The van der Waals surface area contributed by atoms with Gasteiger partial charge in [-0.2, -0.15) is 0 Å². The second kappa shape index (κ2) is 105. The summed E-state index contributed by atoms with van der Waals surface area (Å²) < 4.78 is 4.76. The van der Waals surface area contributed by atoms with E-state index in [0.29, 0.717) is 39.5 Å². The Morgan fingerprint density at radius 2 is 0.815 bits per heavy atom. The molecule has 25 N–H and O–H groups in total. The molecule has 0 aliphatic heterocycles. The molecule has 2 unspecified atom stereocenters. The molecular formula is C47H126N12O6. The molecule has 0 amide bonds. The number of hydrogen-bond donors (Lipinski definition) is 15. The molecule has 65 heavy (non-hydrogen) atoms. The lowest BCUT2D eigenvalue weighted by Crippen LogP contribution is -2.22. The van der Waals surface area contributed by atoms with Gasteiger partial charge in [-0.15, -0.1) is 0 Å². The molecule has 18 nitrogen and oxygen atoms in total. The van der Waals surface area contributed by atoms with Crippen LogP contribution >= 0.6 is 0 Å². The summed E-state index contributed by atoms with van der Waals surface area (Å²) in [7, 11) is 8.12. The first-order chi connectivity index (χ1) is 31.2. The molecule has 18 heteroatoms. The fourth-order valence-corrected chi connectivity index (χ4v) is 3.67. The Balaban J connectivity index is -0.0000000650. The monoisotopic (exact) mass is 955 g/mol. The average molecular weight is 956 g/mol. The summed E-state index contributed by atoms with van der Waals surface area (Å²) in [5.74, 6) is 0.782. The number of aliphatic hydroxyl groups excluding tert-OH is 5. The van der Waals surface area contributed by atoms with Crippen molar-refractivity contribution in [3.05, 3.63) is 0 Å². The van der Waals surface area contributed by atoms with Crippen LogP contribution in [0.15, 0.2) is 0 Å². The minimum absolute atomic E-state index is 0.00926. The summed E-state index contributed by atoms with van der Waals surface area (Å²) in [5.41, 5.74) is 51.8. The first-order valence-corrected chi connectivity index (χ1v) is 25.2. The first-order valence-electron chi connectivity index (χ1n) is 25.2. The van der Waals surface area contributed by atoms with Gasteiger partial charge in [-0.3, -0.25) is 0 Å². The molecule has 0 heterocycles. The van der Waals surface area contributed by atoms with Gasteiger partial charge in [0.25, 0.3) is 0 Å². The largest absolute Gasteiger partial charge is 0.396 e. The van der Waals surface area contributed by atoms with E-state index in [2.05, 4.69) is 51.6 Å². The number of unbranched alkanes of at least 4 members (excludes halogenated alkanes) is 9. The van der Waals surface area contributed by atoms with Gasteiger partial charge in [-0.1, -0.05) is 92.4 Å². The highest BCUT2D eigenvalue weighted by molar-refractivity contribution is 4.56. The summed E-state index contributed by atoms with van der Waals surface area (Å²) in [6.07, 6.45) is 20.8. The van der Waals surface area contributed by atoms with E-state index < -0.39 is 0 Å². The van der Waals surface area contributed by atoms with Gasteiger partial charge >= 0.3 is 0 Å². The zero-order valence-electron chi connectivity index (χ0n) is 44.9. The van der Waals surface area contributed by atoms with Crippen LogP contribution in [0, 0.1) is 5.92 Å². The van der Waals surface area contributed by atoms with E-state index in [0.717, 1.165) is 110 Å². The van der Waals surface area contributed by atoms with Crippen LogP contribution in [0.1, 0.15) is 150 Å². The zero-order valence-corrected chi connectivity index (χ0v) is 44.9. The summed E-state index contributed by atoms with van der Waals surface area (Å²) in [6, 6.07) is -0.00926. The van der Waals surface area contributed by atoms with Gasteiger partial charge < -0.3 is 97.4 Å². The van der Waals surface area contributed by atoms with E-state index in [1.54, 1.807) is 0 Å². The van der Waals surface area contributed by atoms with Gasteiger partial charge in [-0.25, -0.2) is 0 Å². The molecule has 2 atom stereocenters. The third-order valence-corrected chi connectivity index (χ3v) is 7.99. The standard InChI is InChI=1S/C8H19N.C6H15NO.C6H15N.C5H14N2.C4H12N2.C4H11NO2.2C4H11NO.C4H11N.C2H7NO/c1-3-5-6-8(4-2)7-9;7-5-3-1-2-4-6-8;1-2-3-4-5-6-7;1-7(2)5-3-4-6;1-6(2)4-3-5;5-1-3-7-4-2-6;1-2-4(5)3-6;5-3-1-2-4-6;1-2-3-4-5;3-1-2-4/h8H,3-7,9H2,1-2H3;8H,1-7H2;2-7H2,1H3;3-6H2,1-2H3;3-5H2,1-2H3;6H,1-5H2;4,6H,2-3,5H2,1H3;6H,1-5H2;2-5H2,1H3;4H,1-3H2. The van der Waals surface area contributed by atoms with E-state index in [-0.39, 0.29) is 32.5 Å². The first kappa shape index (κ1) is 87.4. The number of hydrogen-bond acceptors (Lipinski definition) is 18. The van der Waals surface area contributed by atoms with Gasteiger partial charge in [-0.05, 0) is 138 Å². The molecule has 0 bridgehead atoms. The lowest BCUT2D eigenvalue weighted by Gasteiger charge is -2.09. The van der Waals surface area contributed by atoms with Crippen LogP contribution < -0.4 is 57.3 Å². The van der Waals surface area contributed by atoms with Crippen molar-refractivity contribution in [2.45, 2.75) is 156 Å². The third kappa shape index (κ3) is 171. The van der Waals surface area contributed by atoms with Gasteiger partial charge in [0.1, 0.15) is 0 Å². The predicted molar refractivity (Wildman–Crippen MR) is 288 cm³/mol. The normalized spacial score (nSPS) is 10.4. The number of nitrogens with zero attached hydrogens (tertiary/aromatic N) is 2. The Morgan fingerprint density at radius 3 is 1.03 bits per heavy atom. The Hall–Kier alpha value is -0.720. The maximum Gasteiger partial charge on any atom is 0.0698 e. The van der Waals surface area contributed by atoms with Crippen LogP contribution in [0.5, 0.6) is 0 Å². The number of likely N-dealkylation sites (N-methyl/N-ethyl adjacent to an activating group) is 1. The van der Waals surface area contributed by atoms with E-state index in [4.69, 9.17) is 87.6 Å². The number of rotatable bonds is 31. The zero-order chi connectivity index (χ0) is 52.5. The van der Waals surface area contributed by atoms with Gasteiger partial charge in [0, 0.05) is 45.4 Å². The van der Waals surface area contributed by atoms with E-state index in [9.17, 15) is 0 Å². The second-order valence-electron chi connectivity index (χ2n) is 15.3. The lowest BCUT2D eigenvalue weighted by atomic mass is 10.00. The van der Waals surface area contributed by atoms with Crippen molar-refractivity contribution in [2.24, 2.45) is 63.3 Å². The lowest BCUT2D eigenvalue weighted by molar-refractivity contribution is 0.0976. The molecule has 0 saturated heterocycles. The van der Waals surface area contributed by atoms with Gasteiger partial charge in [0.05, 0.1) is 33.0 Å². The van der Waals surface area contributed by atoms with Crippen molar-refractivity contribution in [2.75, 3.05) is 146 Å². The second-order valence-corrected chi connectivity index (χ2v) is 15.3. The molecule has 0 aromatic rings. The van der Waals surface area contributed by atoms with E-state index in [1.165, 1.54) is 64.2 Å². The Labute approximate surface area is 405 Å². The topological polar surface area (TPSA) is 377 Å². The maximum atomic E-state index is 8.33. The van der Waals surface area contributed by atoms with Crippen molar-refractivity contribution in [3.63, 3.8) is 0 Å². The summed E-state index contributed by atoms with van der Waals surface area (Å²) in [4.78, 5) is 4.19. The van der Waals surface area contributed by atoms with Crippen molar-refractivity contribution >= 4 is 0 Å². The van der Waals surface area contributed by atoms with Crippen LogP contribution in [0.4, 0.5) is 0 Å². The fraction of sp³-hybridized carbons (Fsp3) is 1.00. The summed E-state index contributed by atoms with van der Waals surface area (Å²) >= 11 is 0. The molecule has 0 aliphatic rings. The van der Waals surface area contributed by atoms with Crippen molar-refractivity contribution in [1.82, 2.24) is 9.80 Å². The molecule has 0 fully saturated rings. The van der Waals surface area contributed by atoms with Gasteiger partial charge in [0.2, 0.25) is 0 Å². The molecule has 0 saturated carbocycles. The molecule has 0 radical (unpaired) electrons. The highest BCUT2D eigenvalue weighted by Crippen LogP contribution is 2.09. The Morgan fingerprint density at radius 1 is 0.400 bits per heavy atom. The quantitative estimate of drug-likeness (QED) is 0.0439. The average Bonchev–Trinajstić information content (AvgIpc) is 3.31. The van der Waals surface area contributed by atoms with Crippen molar-refractivity contribution < 1.29 is 30.3 Å². The van der Waals surface area contributed by atoms with Gasteiger partial charge in [0.15, 0.2) is 0 Å². The van der Waals surface area contributed by atoms with Crippen LogP contribution in [-0.2, 0) is 4.74 Å². The highest BCUT2D eigenvalue weighted by atomic mass is 16.5. The number of nitrogens with two attached hydrogens (primary N) is 10. The Kier molecular flexibility index (Phi) is 142. The summed E-state index contributed by atoms with van der Waals surface area (Å²) in [6.45, 7) is 21.2. The SMILES string of the molecule is CCC(N)CO.CCCCC(CC)CN.CCCCCCN.CCCCN.CN(C)CCCN.CN(C)CCN.NCCCCCCO.NCCCCO.NCCO.NCCOCCO. The summed E-state index contributed by atoms with van der Waals surface area (Å²) in [5, 5.41) is 40.6. The van der Waals surface area contributed by atoms with Crippen molar-refractivity contribution in [3.8, 4) is 0 Å². The highest BCUT2D eigenvalue weighted by Gasteiger charge is 2.00. The fourth-order valence-electron chi connectivity index (χ4n) is 3.67. The minimum Gasteiger partial charge on any atom is -0.396 e. The molecule has 0 rings (SSSR count). The van der Waals surface area contributed by atoms with Crippen LogP contribution in [-0.4, -0.2) is 188 Å². The van der Waals surface area contributed by atoms with Crippen LogP contribution in [0.2, 0.25) is 0 Å². The van der Waals surface area contributed by atoms with E-state index in [1.807, 2.05) is 21.0 Å². The third-order valence-electron chi connectivity index (χ3n) is 7.99. The number of aliphatic hydroxyl groups is 5. The molecule has 0 aliphatic carbocycles. The molecular weight excluding hydrogens is 829 g/mol. The van der Waals surface area contributed by atoms with E-state index >= 15 is 0 Å².